The van der Waals surface area contributed by atoms with Gasteiger partial charge in [0.25, 0.3) is 11.5 Å². The van der Waals surface area contributed by atoms with E-state index in [4.69, 9.17) is 16.3 Å². The van der Waals surface area contributed by atoms with E-state index in [1.165, 1.54) is 15.6 Å². The molecule has 0 fully saturated rings. The number of fused-ring (bicyclic) bond motifs is 1. The van der Waals surface area contributed by atoms with Crippen LogP contribution in [0.2, 0.25) is 5.02 Å². The standard InChI is InChI=1S/C22H20ClN5O3/c1-3-31-17-10-4-14(5-11-17)12-24-21(29)19-18-20(22(30)27(2)13-25-18)28(26-19)16-8-6-15(23)7-9-16/h4-11,13H,3,12H2,1-2H3,(H,24,29). The first-order valence-corrected chi connectivity index (χ1v) is 10.1. The van der Waals surface area contributed by atoms with E-state index in [-0.39, 0.29) is 22.3 Å². The van der Waals surface area contributed by atoms with E-state index in [1.54, 1.807) is 31.3 Å². The molecule has 4 aromatic rings. The fourth-order valence-electron chi connectivity index (χ4n) is 3.15. The third-order valence-electron chi connectivity index (χ3n) is 4.72. The average Bonchev–Trinajstić information content (AvgIpc) is 3.17. The quantitative estimate of drug-likeness (QED) is 0.500. The number of hydrogen-bond acceptors (Lipinski definition) is 5. The lowest BCUT2D eigenvalue weighted by Gasteiger charge is -2.06. The van der Waals surface area contributed by atoms with Gasteiger partial charge >= 0.3 is 0 Å². The maximum absolute atomic E-state index is 12.9. The van der Waals surface area contributed by atoms with Crippen LogP contribution in [0.25, 0.3) is 16.7 Å². The molecule has 0 spiro atoms. The molecule has 2 aromatic heterocycles. The largest absolute Gasteiger partial charge is 0.494 e. The number of ether oxygens (including phenoxy) is 1. The Morgan fingerprint density at radius 1 is 1.13 bits per heavy atom. The minimum Gasteiger partial charge on any atom is -0.494 e. The zero-order valence-corrected chi connectivity index (χ0v) is 17.8. The summed E-state index contributed by atoms with van der Waals surface area (Å²) in [5.41, 5.74) is 1.74. The van der Waals surface area contributed by atoms with Gasteiger partial charge in [0.15, 0.2) is 11.2 Å². The summed E-state index contributed by atoms with van der Waals surface area (Å²) in [5, 5.41) is 7.80. The first-order valence-electron chi connectivity index (χ1n) is 9.68. The van der Waals surface area contributed by atoms with Crippen molar-refractivity contribution in [2.75, 3.05) is 6.61 Å². The highest BCUT2D eigenvalue weighted by atomic mass is 35.5. The molecule has 1 N–H and O–H groups in total. The number of carbonyl (C=O) groups is 1. The summed E-state index contributed by atoms with van der Waals surface area (Å²) in [7, 11) is 1.60. The van der Waals surface area contributed by atoms with E-state index in [1.807, 2.05) is 31.2 Å². The van der Waals surface area contributed by atoms with Gasteiger partial charge in [0.05, 0.1) is 18.6 Å². The Kier molecular flexibility index (Phi) is 5.73. The second-order valence-corrected chi connectivity index (χ2v) is 7.29. The molecule has 9 heteroatoms. The lowest BCUT2D eigenvalue weighted by Crippen LogP contribution is -2.24. The molecule has 0 aliphatic heterocycles. The Hall–Kier alpha value is -3.65. The topological polar surface area (TPSA) is 91.0 Å². The van der Waals surface area contributed by atoms with Crippen LogP contribution in [-0.2, 0) is 13.6 Å². The smallest absolute Gasteiger partial charge is 0.279 e. The van der Waals surface area contributed by atoms with E-state index < -0.39 is 5.91 Å². The van der Waals surface area contributed by atoms with Gasteiger partial charge in [-0.1, -0.05) is 23.7 Å². The van der Waals surface area contributed by atoms with Gasteiger partial charge in [-0.25, -0.2) is 9.67 Å². The van der Waals surface area contributed by atoms with E-state index in [2.05, 4.69) is 15.4 Å². The Morgan fingerprint density at radius 3 is 2.52 bits per heavy atom. The molecule has 0 bridgehead atoms. The normalized spacial score (nSPS) is 10.9. The van der Waals surface area contributed by atoms with Crippen LogP contribution in [-0.4, -0.2) is 31.8 Å². The molecular weight excluding hydrogens is 418 g/mol. The Labute approximate surface area is 183 Å². The van der Waals surface area contributed by atoms with Crippen molar-refractivity contribution in [3.63, 3.8) is 0 Å². The van der Waals surface area contributed by atoms with Gasteiger partial charge in [-0.3, -0.25) is 9.59 Å². The van der Waals surface area contributed by atoms with Gasteiger partial charge in [-0.05, 0) is 48.9 Å². The average molecular weight is 438 g/mol. The number of rotatable bonds is 6. The molecule has 0 aliphatic rings. The van der Waals surface area contributed by atoms with Crippen molar-refractivity contribution < 1.29 is 9.53 Å². The number of nitrogens with zero attached hydrogens (tertiary/aromatic N) is 4. The summed E-state index contributed by atoms with van der Waals surface area (Å²) in [6, 6.07) is 14.3. The van der Waals surface area contributed by atoms with Gasteiger partial charge in [-0.2, -0.15) is 5.10 Å². The number of halogens is 1. The highest BCUT2D eigenvalue weighted by Gasteiger charge is 2.22. The van der Waals surface area contributed by atoms with E-state index in [9.17, 15) is 9.59 Å². The zero-order chi connectivity index (χ0) is 22.0. The molecular formula is C22H20ClN5O3. The van der Waals surface area contributed by atoms with Gasteiger partial charge in [0, 0.05) is 18.6 Å². The monoisotopic (exact) mass is 437 g/mol. The summed E-state index contributed by atoms with van der Waals surface area (Å²) < 4.78 is 8.20. The van der Waals surface area contributed by atoms with Gasteiger partial charge in [0.2, 0.25) is 0 Å². The van der Waals surface area contributed by atoms with Crippen molar-refractivity contribution in [1.82, 2.24) is 24.6 Å². The third-order valence-corrected chi connectivity index (χ3v) is 4.97. The first kappa shape index (κ1) is 20.6. The van der Waals surface area contributed by atoms with Gasteiger partial charge < -0.3 is 14.6 Å². The molecule has 0 unspecified atom stereocenters. The molecule has 0 saturated heterocycles. The molecule has 0 saturated carbocycles. The lowest BCUT2D eigenvalue weighted by molar-refractivity contribution is 0.0947. The number of nitrogens with one attached hydrogen (secondary N) is 1. The lowest BCUT2D eigenvalue weighted by atomic mass is 10.2. The predicted octanol–water partition coefficient (Wildman–Crippen LogP) is 3.10. The second kappa shape index (κ2) is 8.61. The van der Waals surface area contributed by atoms with Gasteiger partial charge in [-0.15, -0.1) is 0 Å². The predicted molar refractivity (Wildman–Crippen MR) is 118 cm³/mol. The first-order chi connectivity index (χ1) is 15.0. The minimum atomic E-state index is -0.424. The second-order valence-electron chi connectivity index (χ2n) is 6.85. The van der Waals surface area contributed by atoms with E-state index >= 15 is 0 Å². The van der Waals surface area contributed by atoms with Crippen molar-refractivity contribution in [2.45, 2.75) is 13.5 Å². The number of aromatic nitrogens is 4. The van der Waals surface area contributed by atoms with Crippen LogP contribution in [0.1, 0.15) is 23.0 Å². The summed E-state index contributed by atoms with van der Waals surface area (Å²) in [6.45, 7) is 2.81. The molecule has 0 atom stereocenters. The third kappa shape index (κ3) is 4.15. The van der Waals surface area contributed by atoms with Crippen molar-refractivity contribution in [3.8, 4) is 11.4 Å². The molecule has 2 aromatic carbocycles. The number of benzene rings is 2. The molecule has 4 rings (SSSR count). The highest BCUT2D eigenvalue weighted by Crippen LogP contribution is 2.20. The Balaban J connectivity index is 1.67. The molecule has 8 nitrogen and oxygen atoms in total. The van der Waals surface area contributed by atoms with Crippen LogP contribution < -0.4 is 15.6 Å². The van der Waals surface area contributed by atoms with Crippen molar-refractivity contribution in [3.05, 3.63) is 81.5 Å². The minimum absolute atomic E-state index is 0.0774. The van der Waals surface area contributed by atoms with Gasteiger partial charge in [0.1, 0.15) is 11.3 Å². The van der Waals surface area contributed by atoms with Crippen LogP contribution in [0.15, 0.2) is 59.7 Å². The number of carbonyl (C=O) groups excluding carboxylic acids is 1. The zero-order valence-electron chi connectivity index (χ0n) is 17.0. The Morgan fingerprint density at radius 2 is 1.84 bits per heavy atom. The van der Waals surface area contributed by atoms with Crippen LogP contribution >= 0.6 is 11.6 Å². The molecule has 0 aliphatic carbocycles. The summed E-state index contributed by atoms with van der Waals surface area (Å²) >= 11 is 5.98. The molecule has 1 amide bonds. The number of hydrogen-bond donors (Lipinski definition) is 1. The fraction of sp³-hybridized carbons (Fsp3) is 0.182. The summed E-state index contributed by atoms with van der Waals surface area (Å²) in [4.78, 5) is 30.0. The number of aryl methyl sites for hydroxylation is 1. The maximum Gasteiger partial charge on any atom is 0.279 e. The highest BCUT2D eigenvalue weighted by molar-refractivity contribution is 6.30. The van der Waals surface area contributed by atoms with Crippen molar-refractivity contribution >= 4 is 28.5 Å². The summed E-state index contributed by atoms with van der Waals surface area (Å²) in [6.07, 6.45) is 1.38. The molecule has 0 radical (unpaired) electrons. The van der Waals surface area contributed by atoms with Crippen LogP contribution in [0.5, 0.6) is 5.75 Å². The fourth-order valence-corrected chi connectivity index (χ4v) is 3.27. The van der Waals surface area contributed by atoms with Crippen molar-refractivity contribution in [1.29, 1.82) is 0 Å². The molecule has 31 heavy (non-hydrogen) atoms. The maximum atomic E-state index is 12.9. The number of amides is 1. The SMILES string of the molecule is CCOc1ccc(CNC(=O)c2nn(-c3ccc(Cl)cc3)c3c(=O)n(C)cnc23)cc1. The molecule has 2 heterocycles. The summed E-state index contributed by atoms with van der Waals surface area (Å²) in [5.74, 6) is 0.345. The van der Waals surface area contributed by atoms with E-state index in [0.717, 1.165) is 11.3 Å². The van der Waals surface area contributed by atoms with Crippen LogP contribution in [0.4, 0.5) is 0 Å². The van der Waals surface area contributed by atoms with Crippen LogP contribution in [0.3, 0.4) is 0 Å². The molecule has 158 valence electrons. The van der Waals surface area contributed by atoms with E-state index in [0.29, 0.717) is 23.9 Å². The van der Waals surface area contributed by atoms with Crippen LogP contribution in [0, 0.1) is 0 Å². The van der Waals surface area contributed by atoms with Crippen molar-refractivity contribution in [2.24, 2.45) is 7.05 Å². The Bertz CT molecular complexity index is 1290.